The highest BCUT2D eigenvalue weighted by atomic mass is 16.5. The number of methoxy groups -OCH3 is 1. The molecule has 0 radical (unpaired) electrons. The minimum atomic E-state index is -0.235. The highest BCUT2D eigenvalue weighted by Gasteiger charge is 2.13. The van der Waals surface area contributed by atoms with Gasteiger partial charge in [0.15, 0.2) is 11.5 Å². The van der Waals surface area contributed by atoms with E-state index in [0.717, 1.165) is 11.3 Å². The summed E-state index contributed by atoms with van der Waals surface area (Å²) in [5.41, 5.74) is 2.38. The average Bonchev–Trinajstić information content (AvgIpc) is 2.97. The van der Waals surface area contributed by atoms with Crippen LogP contribution in [0.3, 0.4) is 0 Å². The Morgan fingerprint density at radius 1 is 1.12 bits per heavy atom. The van der Waals surface area contributed by atoms with Gasteiger partial charge in [0, 0.05) is 18.7 Å². The molecular weight excluding hydrogens is 330 g/mol. The normalized spacial score (nSPS) is 10.4. The van der Waals surface area contributed by atoms with Gasteiger partial charge in [0.1, 0.15) is 12.4 Å². The van der Waals surface area contributed by atoms with Crippen LogP contribution >= 0.6 is 0 Å². The van der Waals surface area contributed by atoms with Gasteiger partial charge >= 0.3 is 0 Å². The Morgan fingerprint density at radius 3 is 2.54 bits per heavy atom. The molecule has 6 heteroatoms. The van der Waals surface area contributed by atoms with E-state index in [2.05, 4.69) is 10.4 Å². The van der Waals surface area contributed by atoms with Crippen LogP contribution in [0.4, 0.5) is 5.82 Å². The Bertz CT molecular complexity index is 904. The smallest absolute Gasteiger partial charge is 0.256 e. The van der Waals surface area contributed by atoms with Gasteiger partial charge in [-0.25, -0.2) is 0 Å². The lowest BCUT2D eigenvalue weighted by atomic mass is 10.2. The van der Waals surface area contributed by atoms with Crippen LogP contribution in [-0.2, 0) is 13.7 Å². The topological polar surface area (TPSA) is 65.4 Å². The summed E-state index contributed by atoms with van der Waals surface area (Å²) in [7, 11) is 3.33. The number of rotatable bonds is 6. The number of aryl methyl sites for hydroxylation is 2. The van der Waals surface area contributed by atoms with Crippen molar-refractivity contribution in [1.82, 2.24) is 9.78 Å². The summed E-state index contributed by atoms with van der Waals surface area (Å²) in [4.78, 5) is 12.5. The lowest BCUT2D eigenvalue weighted by Gasteiger charge is -2.12. The molecule has 2 aromatic carbocycles. The number of nitrogens with one attached hydrogen (secondary N) is 1. The van der Waals surface area contributed by atoms with Gasteiger partial charge in [-0.1, -0.05) is 30.3 Å². The van der Waals surface area contributed by atoms with Gasteiger partial charge in [0.05, 0.1) is 12.8 Å². The zero-order valence-corrected chi connectivity index (χ0v) is 15.0. The maximum atomic E-state index is 12.5. The summed E-state index contributed by atoms with van der Waals surface area (Å²) in [5.74, 6) is 1.50. The standard InChI is InChI=1S/C20H21N3O3/c1-14-11-19(23(2)22-14)21-20(24)16-9-10-17(18(12-16)25-3)26-13-15-7-5-4-6-8-15/h4-12H,13H2,1-3H3,(H,21,24). The molecule has 0 aliphatic carbocycles. The van der Waals surface area contributed by atoms with Crippen molar-refractivity contribution < 1.29 is 14.3 Å². The summed E-state index contributed by atoms with van der Waals surface area (Å²) in [6, 6.07) is 16.8. The lowest BCUT2D eigenvalue weighted by molar-refractivity contribution is 0.102. The monoisotopic (exact) mass is 351 g/mol. The number of hydrogen-bond donors (Lipinski definition) is 1. The fraction of sp³-hybridized carbons (Fsp3) is 0.200. The molecule has 0 atom stereocenters. The van der Waals surface area contributed by atoms with Crippen LogP contribution in [0.2, 0.25) is 0 Å². The molecule has 3 rings (SSSR count). The molecule has 6 nitrogen and oxygen atoms in total. The number of nitrogens with zero attached hydrogens (tertiary/aromatic N) is 2. The fourth-order valence-electron chi connectivity index (χ4n) is 2.58. The van der Waals surface area contributed by atoms with Crippen LogP contribution in [0.15, 0.2) is 54.6 Å². The van der Waals surface area contributed by atoms with Gasteiger partial charge in [-0.3, -0.25) is 9.48 Å². The van der Waals surface area contributed by atoms with Crippen LogP contribution in [-0.4, -0.2) is 22.8 Å². The zero-order valence-electron chi connectivity index (χ0n) is 15.0. The predicted octanol–water partition coefficient (Wildman–Crippen LogP) is 3.57. The van der Waals surface area contributed by atoms with Gasteiger partial charge in [-0.15, -0.1) is 0 Å². The summed E-state index contributed by atoms with van der Waals surface area (Å²) >= 11 is 0. The van der Waals surface area contributed by atoms with E-state index in [1.807, 2.05) is 43.3 Å². The number of carbonyl (C=O) groups is 1. The first-order valence-electron chi connectivity index (χ1n) is 8.23. The van der Waals surface area contributed by atoms with E-state index in [-0.39, 0.29) is 5.91 Å². The minimum absolute atomic E-state index is 0.235. The molecule has 0 bridgehead atoms. The van der Waals surface area contributed by atoms with Crippen molar-refractivity contribution in [2.24, 2.45) is 7.05 Å². The molecule has 0 saturated heterocycles. The summed E-state index contributed by atoms with van der Waals surface area (Å²) in [6.45, 7) is 2.30. The minimum Gasteiger partial charge on any atom is -0.493 e. The van der Waals surface area contributed by atoms with E-state index in [0.29, 0.717) is 29.5 Å². The van der Waals surface area contributed by atoms with E-state index in [1.54, 1.807) is 37.0 Å². The molecule has 0 aliphatic rings. The maximum absolute atomic E-state index is 12.5. The van der Waals surface area contributed by atoms with E-state index in [9.17, 15) is 4.79 Å². The Kier molecular flexibility index (Phi) is 5.22. The average molecular weight is 351 g/mol. The predicted molar refractivity (Wildman–Crippen MR) is 99.7 cm³/mol. The Hall–Kier alpha value is -3.28. The van der Waals surface area contributed by atoms with Gasteiger partial charge in [0.2, 0.25) is 0 Å². The Labute approximate surface area is 152 Å². The quantitative estimate of drug-likeness (QED) is 0.737. The first-order valence-corrected chi connectivity index (χ1v) is 8.23. The number of amides is 1. The Morgan fingerprint density at radius 2 is 1.88 bits per heavy atom. The van der Waals surface area contributed by atoms with E-state index < -0.39 is 0 Å². The van der Waals surface area contributed by atoms with E-state index in [4.69, 9.17) is 9.47 Å². The molecule has 0 fully saturated rings. The van der Waals surface area contributed by atoms with Gasteiger partial charge < -0.3 is 14.8 Å². The second kappa shape index (κ2) is 7.74. The summed E-state index contributed by atoms with van der Waals surface area (Å²) in [6.07, 6.45) is 0. The van der Waals surface area contributed by atoms with Crippen molar-refractivity contribution in [3.63, 3.8) is 0 Å². The number of aromatic nitrogens is 2. The van der Waals surface area contributed by atoms with Gasteiger partial charge in [0.25, 0.3) is 5.91 Å². The molecule has 1 amide bonds. The third-order valence-corrected chi connectivity index (χ3v) is 3.91. The maximum Gasteiger partial charge on any atom is 0.256 e. The number of ether oxygens (including phenoxy) is 2. The molecule has 134 valence electrons. The molecule has 0 unspecified atom stereocenters. The third kappa shape index (κ3) is 4.03. The molecule has 1 N–H and O–H groups in total. The van der Waals surface area contributed by atoms with Crippen molar-refractivity contribution in [3.8, 4) is 11.5 Å². The molecule has 1 heterocycles. The van der Waals surface area contributed by atoms with Gasteiger partial charge in [-0.05, 0) is 30.7 Å². The number of hydrogen-bond acceptors (Lipinski definition) is 4. The summed E-state index contributed by atoms with van der Waals surface area (Å²) < 4.78 is 12.8. The first kappa shape index (κ1) is 17.5. The van der Waals surface area contributed by atoms with Crippen LogP contribution in [0, 0.1) is 6.92 Å². The SMILES string of the molecule is COc1cc(C(=O)Nc2cc(C)nn2C)ccc1OCc1ccccc1. The first-order chi connectivity index (χ1) is 12.6. The molecule has 0 spiro atoms. The van der Waals surface area contributed by atoms with Crippen molar-refractivity contribution in [2.75, 3.05) is 12.4 Å². The van der Waals surface area contributed by atoms with Crippen LogP contribution in [0.1, 0.15) is 21.6 Å². The largest absolute Gasteiger partial charge is 0.493 e. The number of anilines is 1. The lowest BCUT2D eigenvalue weighted by Crippen LogP contribution is -2.14. The molecule has 26 heavy (non-hydrogen) atoms. The third-order valence-electron chi connectivity index (χ3n) is 3.91. The van der Waals surface area contributed by atoms with Crippen LogP contribution in [0.5, 0.6) is 11.5 Å². The number of benzene rings is 2. The zero-order chi connectivity index (χ0) is 18.5. The molecule has 0 saturated carbocycles. The van der Waals surface area contributed by atoms with Crippen molar-refractivity contribution >= 4 is 11.7 Å². The molecule has 0 aliphatic heterocycles. The van der Waals surface area contributed by atoms with Crippen molar-refractivity contribution in [2.45, 2.75) is 13.5 Å². The second-order valence-electron chi connectivity index (χ2n) is 5.89. The van der Waals surface area contributed by atoms with Crippen LogP contribution in [0.25, 0.3) is 0 Å². The molecular formula is C20H21N3O3. The molecule has 1 aromatic heterocycles. The van der Waals surface area contributed by atoms with E-state index in [1.165, 1.54) is 0 Å². The highest BCUT2D eigenvalue weighted by Crippen LogP contribution is 2.29. The highest BCUT2D eigenvalue weighted by molar-refractivity contribution is 6.04. The molecule has 3 aromatic rings. The van der Waals surface area contributed by atoms with Gasteiger partial charge in [-0.2, -0.15) is 5.10 Å². The van der Waals surface area contributed by atoms with Crippen molar-refractivity contribution in [3.05, 3.63) is 71.4 Å². The number of carbonyl (C=O) groups excluding carboxylic acids is 1. The Balaban J connectivity index is 1.73. The fourth-order valence-corrected chi connectivity index (χ4v) is 2.58. The van der Waals surface area contributed by atoms with Crippen LogP contribution < -0.4 is 14.8 Å². The second-order valence-corrected chi connectivity index (χ2v) is 5.89. The summed E-state index contributed by atoms with van der Waals surface area (Å²) in [5, 5.41) is 7.06. The van der Waals surface area contributed by atoms with Crippen molar-refractivity contribution in [1.29, 1.82) is 0 Å². The van der Waals surface area contributed by atoms with E-state index >= 15 is 0 Å².